The molecule has 0 atom stereocenters. The van der Waals surface area contributed by atoms with Gasteiger partial charge >= 0.3 is 0 Å². The molecule has 1 aromatic rings. The van der Waals surface area contributed by atoms with Gasteiger partial charge in [-0.3, -0.25) is 4.79 Å². The summed E-state index contributed by atoms with van der Waals surface area (Å²) in [6.07, 6.45) is 0.329. The summed E-state index contributed by atoms with van der Waals surface area (Å²) in [5.41, 5.74) is 1.33. The molecule has 4 nitrogen and oxygen atoms in total. The Labute approximate surface area is 119 Å². The molecule has 0 saturated carbocycles. The monoisotopic (exact) mass is 279 g/mol. The van der Waals surface area contributed by atoms with E-state index in [2.05, 4.69) is 4.98 Å². The third-order valence-corrected chi connectivity index (χ3v) is 3.01. The third-order valence-electron chi connectivity index (χ3n) is 2.81. The largest absolute Gasteiger partial charge is 0.338 e. The van der Waals surface area contributed by atoms with Crippen molar-refractivity contribution in [3.63, 3.8) is 0 Å². The summed E-state index contributed by atoms with van der Waals surface area (Å²) in [5.74, 6) is 0.100. The number of halogens is 1. The Hall–Kier alpha value is -1.60. The van der Waals surface area contributed by atoms with E-state index in [4.69, 9.17) is 16.9 Å². The maximum absolute atomic E-state index is 12.3. The van der Waals surface area contributed by atoms with E-state index in [1.165, 1.54) is 0 Å². The van der Waals surface area contributed by atoms with Gasteiger partial charge in [0.1, 0.15) is 5.15 Å². The van der Waals surface area contributed by atoms with Crippen LogP contribution in [0.2, 0.25) is 5.15 Å². The smallest absolute Gasteiger partial charge is 0.254 e. The molecule has 0 aliphatic heterocycles. The number of rotatable bonds is 5. The van der Waals surface area contributed by atoms with E-state index in [1.54, 1.807) is 17.0 Å². The standard InChI is InChI=1S/C14H18ClN3O/c1-4-18(7-5-6-16)14(19)11-8-12(10(2)3)17-13(15)9-11/h8-10H,4-5,7H2,1-3H3. The van der Waals surface area contributed by atoms with Gasteiger partial charge in [0.25, 0.3) is 5.91 Å². The fourth-order valence-corrected chi connectivity index (χ4v) is 1.92. The van der Waals surface area contributed by atoms with Crippen molar-refractivity contribution in [1.29, 1.82) is 5.26 Å². The van der Waals surface area contributed by atoms with E-state index in [1.807, 2.05) is 26.8 Å². The molecule has 0 aliphatic rings. The summed E-state index contributed by atoms with van der Waals surface area (Å²) in [5, 5.41) is 8.93. The Kier molecular flexibility index (Phi) is 5.78. The highest BCUT2D eigenvalue weighted by atomic mass is 35.5. The van der Waals surface area contributed by atoms with E-state index < -0.39 is 0 Å². The summed E-state index contributed by atoms with van der Waals surface area (Å²) >= 11 is 5.96. The normalized spacial score (nSPS) is 10.3. The lowest BCUT2D eigenvalue weighted by Crippen LogP contribution is -2.31. The highest BCUT2D eigenvalue weighted by Crippen LogP contribution is 2.19. The fourth-order valence-electron chi connectivity index (χ4n) is 1.71. The number of carbonyl (C=O) groups is 1. The van der Waals surface area contributed by atoms with Gasteiger partial charge in [-0.25, -0.2) is 4.98 Å². The van der Waals surface area contributed by atoms with Crippen molar-refractivity contribution in [2.75, 3.05) is 13.1 Å². The minimum atomic E-state index is -0.107. The van der Waals surface area contributed by atoms with Gasteiger partial charge in [-0.15, -0.1) is 0 Å². The van der Waals surface area contributed by atoms with Crippen molar-refractivity contribution < 1.29 is 4.79 Å². The van der Waals surface area contributed by atoms with Crippen LogP contribution >= 0.6 is 11.6 Å². The van der Waals surface area contributed by atoms with Crippen molar-refractivity contribution in [1.82, 2.24) is 9.88 Å². The average Bonchev–Trinajstić information content (AvgIpc) is 2.38. The van der Waals surface area contributed by atoms with Crippen molar-refractivity contribution in [3.05, 3.63) is 28.5 Å². The molecule has 19 heavy (non-hydrogen) atoms. The second-order valence-corrected chi connectivity index (χ2v) is 4.94. The highest BCUT2D eigenvalue weighted by molar-refractivity contribution is 6.29. The Balaban J connectivity index is 3.01. The fraction of sp³-hybridized carbons (Fsp3) is 0.500. The van der Waals surface area contributed by atoms with Crippen molar-refractivity contribution in [3.8, 4) is 6.07 Å². The summed E-state index contributed by atoms with van der Waals surface area (Å²) < 4.78 is 0. The Bertz CT molecular complexity index is 494. The highest BCUT2D eigenvalue weighted by Gasteiger charge is 2.16. The third kappa shape index (κ3) is 4.22. The van der Waals surface area contributed by atoms with Gasteiger partial charge in [0, 0.05) is 24.3 Å². The zero-order valence-corrected chi connectivity index (χ0v) is 12.2. The first-order valence-electron chi connectivity index (χ1n) is 6.33. The summed E-state index contributed by atoms with van der Waals surface area (Å²) in [7, 11) is 0. The van der Waals surface area contributed by atoms with E-state index >= 15 is 0 Å². The SMILES string of the molecule is CCN(CCC#N)C(=O)c1cc(Cl)nc(C(C)C)c1. The van der Waals surface area contributed by atoms with E-state index in [9.17, 15) is 4.79 Å². The van der Waals surface area contributed by atoms with Gasteiger partial charge in [0.05, 0.1) is 12.5 Å². The molecule has 1 rings (SSSR count). The van der Waals surface area contributed by atoms with Crippen LogP contribution in [0.3, 0.4) is 0 Å². The van der Waals surface area contributed by atoms with E-state index in [0.717, 1.165) is 5.69 Å². The second-order valence-electron chi connectivity index (χ2n) is 4.55. The van der Waals surface area contributed by atoms with Crippen LogP contribution < -0.4 is 0 Å². The van der Waals surface area contributed by atoms with Crippen LogP contribution in [0.4, 0.5) is 0 Å². The number of nitriles is 1. The van der Waals surface area contributed by atoms with Crippen LogP contribution in [0, 0.1) is 11.3 Å². The zero-order chi connectivity index (χ0) is 14.4. The molecule has 5 heteroatoms. The minimum absolute atomic E-state index is 0.107. The van der Waals surface area contributed by atoms with Gasteiger partial charge < -0.3 is 4.90 Å². The predicted octanol–water partition coefficient (Wildman–Crippen LogP) is 3.23. The topological polar surface area (TPSA) is 57.0 Å². The Morgan fingerprint density at radius 3 is 2.74 bits per heavy atom. The van der Waals surface area contributed by atoms with Crippen LogP contribution in [0.1, 0.15) is 49.2 Å². The maximum Gasteiger partial charge on any atom is 0.254 e. The number of aromatic nitrogens is 1. The first kappa shape index (κ1) is 15.5. The molecular weight excluding hydrogens is 262 g/mol. The van der Waals surface area contributed by atoms with Crippen molar-refractivity contribution in [2.45, 2.75) is 33.1 Å². The summed E-state index contributed by atoms with van der Waals surface area (Å²) in [6, 6.07) is 5.39. The lowest BCUT2D eigenvalue weighted by Gasteiger charge is -2.20. The first-order chi connectivity index (χ1) is 8.99. The second kappa shape index (κ2) is 7.10. The van der Waals surface area contributed by atoms with Gasteiger partial charge in [-0.05, 0) is 25.0 Å². The molecule has 0 aromatic carbocycles. The molecule has 0 aliphatic carbocycles. The average molecular weight is 280 g/mol. The number of carbonyl (C=O) groups excluding carboxylic acids is 1. The molecular formula is C14H18ClN3O. The van der Waals surface area contributed by atoms with Crippen molar-refractivity contribution in [2.24, 2.45) is 0 Å². The number of amides is 1. The lowest BCUT2D eigenvalue weighted by molar-refractivity contribution is 0.0767. The van der Waals surface area contributed by atoms with E-state index in [-0.39, 0.29) is 11.8 Å². The molecule has 0 bridgehead atoms. The van der Waals surface area contributed by atoms with Gasteiger partial charge in [-0.2, -0.15) is 5.26 Å². The molecule has 102 valence electrons. The minimum Gasteiger partial charge on any atom is -0.338 e. The van der Waals surface area contributed by atoms with Crippen LogP contribution in [0.25, 0.3) is 0 Å². The zero-order valence-electron chi connectivity index (χ0n) is 11.5. The van der Waals surface area contributed by atoms with Crippen LogP contribution in [-0.4, -0.2) is 28.9 Å². The molecule has 1 aromatic heterocycles. The molecule has 0 fully saturated rings. The molecule has 0 saturated heterocycles. The Morgan fingerprint density at radius 1 is 1.53 bits per heavy atom. The van der Waals surface area contributed by atoms with Gasteiger partial charge in [-0.1, -0.05) is 25.4 Å². The lowest BCUT2D eigenvalue weighted by atomic mass is 10.1. The van der Waals surface area contributed by atoms with Crippen LogP contribution in [-0.2, 0) is 0 Å². The van der Waals surface area contributed by atoms with E-state index in [0.29, 0.717) is 30.2 Å². The molecule has 0 N–H and O–H groups in total. The summed E-state index contributed by atoms with van der Waals surface area (Å²) in [4.78, 5) is 18.2. The molecule has 1 heterocycles. The molecule has 1 amide bonds. The number of hydrogen-bond acceptors (Lipinski definition) is 3. The van der Waals surface area contributed by atoms with Crippen LogP contribution in [0.15, 0.2) is 12.1 Å². The number of hydrogen-bond donors (Lipinski definition) is 0. The van der Waals surface area contributed by atoms with Crippen LogP contribution in [0.5, 0.6) is 0 Å². The number of pyridine rings is 1. The van der Waals surface area contributed by atoms with Gasteiger partial charge in [0.2, 0.25) is 0 Å². The Morgan fingerprint density at radius 2 is 2.21 bits per heavy atom. The molecule has 0 radical (unpaired) electrons. The first-order valence-corrected chi connectivity index (χ1v) is 6.71. The summed E-state index contributed by atoms with van der Waals surface area (Å²) in [6.45, 7) is 6.89. The maximum atomic E-state index is 12.3. The molecule has 0 spiro atoms. The van der Waals surface area contributed by atoms with Crippen molar-refractivity contribution >= 4 is 17.5 Å². The number of nitrogens with zero attached hydrogens (tertiary/aromatic N) is 3. The predicted molar refractivity (Wildman–Crippen MR) is 75.1 cm³/mol. The quantitative estimate of drug-likeness (QED) is 0.778. The molecule has 0 unspecified atom stereocenters. The van der Waals surface area contributed by atoms with Gasteiger partial charge in [0.15, 0.2) is 0 Å².